The van der Waals surface area contributed by atoms with E-state index in [9.17, 15) is 4.79 Å². The van der Waals surface area contributed by atoms with Gasteiger partial charge in [-0.05, 0) is 0 Å². The van der Waals surface area contributed by atoms with E-state index in [0.717, 1.165) is 12.6 Å². The number of benzene rings is 3. The van der Waals surface area contributed by atoms with E-state index < -0.39 is 6.60 Å². The molecule has 0 aromatic heterocycles. The molecule has 0 bridgehead atoms. The summed E-state index contributed by atoms with van der Waals surface area (Å²) in [5.41, 5.74) is 0. The van der Waals surface area contributed by atoms with E-state index in [1.54, 1.807) is 0 Å². The zero-order chi connectivity index (χ0) is 25.4. The third kappa shape index (κ3) is 6.74. The molecule has 0 N–H and O–H groups in total. The zero-order valence-electron chi connectivity index (χ0n) is 22.5. The van der Waals surface area contributed by atoms with Gasteiger partial charge in [0.05, 0.1) is 0 Å². The number of rotatable bonds is 18. The van der Waals surface area contributed by atoms with E-state index in [-0.39, 0.29) is 0 Å². The average Bonchev–Trinajstić information content (AvgIpc) is 2.94. The summed E-state index contributed by atoms with van der Waals surface area (Å²) in [6.07, 6.45) is 18.9. The Labute approximate surface area is 220 Å². The third-order valence-electron chi connectivity index (χ3n) is 8.12. The Bertz CT molecular complexity index is 884. The van der Waals surface area contributed by atoms with Crippen LogP contribution >= 0.6 is 6.60 Å². The topological polar surface area (TPSA) is 17.1 Å². The first-order chi connectivity index (χ1) is 17.8. The molecule has 194 valence electrons. The summed E-state index contributed by atoms with van der Waals surface area (Å²) in [4.78, 5) is 12.5. The molecule has 0 aliphatic carbocycles. The molecule has 0 aliphatic heterocycles. The van der Waals surface area contributed by atoms with Crippen LogP contribution in [0.5, 0.6) is 0 Å². The molecule has 0 aliphatic rings. The monoisotopic (exact) mass is 502 g/mol. The van der Waals surface area contributed by atoms with Crippen molar-refractivity contribution in [2.24, 2.45) is 0 Å². The summed E-state index contributed by atoms with van der Waals surface area (Å²) < 4.78 is 0. The molecule has 0 fully saturated rings. The van der Waals surface area contributed by atoms with Gasteiger partial charge in [0.25, 0.3) is 0 Å². The van der Waals surface area contributed by atoms with E-state index in [2.05, 4.69) is 97.9 Å². The number of carbonyl (C=O) groups excluding carboxylic acids is 1. The molecule has 1 nitrogen and oxygen atoms in total. The number of hydrogen-bond donors (Lipinski definition) is 0. The van der Waals surface area contributed by atoms with E-state index in [1.807, 2.05) is 0 Å². The number of aldehydes is 1. The minimum absolute atomic E-state index is 0.571. The van der Waals surface area contributed by atoms with Crippen LogP contribution < -0.4 is 15.9 Å². The summed E-state index contributed by atoms with van der Waals surface area (Å²) in [5.74, 6) is 0. The maximum atomic E-state index is 12.5. The molecule has 3 aromatic rings. The molecular weight excluding hydrogens is 455 g/mol. The normalized spacial score (nSPS) is 12.6. The molecule has 3 aromatic carbocycles. The van der Waals surface area contributed by atoms with Gasteiger partial charge in [-0.3, -0.25) is 0 Å². The van der Waals surface area contributed by atoms with Crippen LogP contribution in [-0.2, 0) is 4.79 Å². The van der Waals surface area contributed by atoms with Crippen molar-refractivity contribution in [3.05, 3.63) is 91.0 Å². The summed E-state index contributed by atoms with van der Waals surface area (Å²) in [5, 5.41) is 4.03. The van der Waals surface area contributed by atoms with E-state index in [0.29, 0.717) is 6.16 Å². The summed E-state index contributed by atoms with van der Waals surface area (Å²) in [7, 11) is 0. The molecule has 3 rings (SSSR count). The van der Waals surface area contributed by atoms with Crippen molar-refractivity contribution in [3.8, 4) is 0 Å². The molecule has 0 spiro atoms. The Hall–Kier alpha value is -2.24. The van der Waals surface area contributed by atoms with Crippen molar-refractivity contribution in [2.75, 3.05) is 12.3 Å². The van der Waals surface area contributed by atoms with Gasteiger partial charge in [0.2, 0.25) is 0 Å². The summed E-state index contributed by atoms with van der Waals surface area (Å²) in [6.45, 7) is -0.673. The van der Waals surface area contributed by atoms with Gasteiger partial charge in [-0.15, -0.1) is 0 Å². The fourth-order valence-electron chi connectivity index (χ4n) is 6.07. The van der Waals surface area contributed by atoms with Crippen molar-refractivity contribution >= 4 is 28.8 Å². The standard InChI is InChI=1S/C34H47OP/c1-2-3-4-5-6-7-8-9-10-11-12-22-30-36(31-29-35,32-23-16-13-17-24-32,33-25-18-14-19-26-33)34-27-20-15-21-28-34/h13-21,23-29H,2-12,22,30-31H2,1H3. The molecule has 2 heteroatoms. The van der Waals surface area contributed by atoms with Gasteiger partial charge in [0.15, 0.2) is 0 Å². The average molecular weight is 503 g/mol. The Morgan fingerprint density at radius 3 is 1.17 bits per heavy atom. The number of hydrogen-bond acceptors (Lipinski definition) is 1. The Kier molecular flexibility index (Phi) is 11.9. The molecule has 0 radical (unpaired) electrons. The van der Waals surface area contributed by atoms with Gasteiger partial charge < -0.3 is 0 Å². The van der Waals surface area contributed by atoms with Gasteiger partial charge in [-0.25, -0.2) is 0 Å². The first kappa shape index (κ1) is 28.3. The maximum absolute atomic E-state index is 12.5. The fraction of sp³-hybridized carbons (Fsp3) is 0.441. The number of carbonyl (C=O) groups is 1. The second-order valence-electron chi connectivity index (χ2n) is 10.5. The first-order valence-electron chi connectivity index (χ1n) is 14.4. The minimum atomic E-state index is -2.96. The zero-order valence-corrected chi connectivity index (χ0v) is 23.4. The second kappa shape index (κ2) is 15.1. The Morgan fingerprint density at radius 1 is 0.500 bits per heavy atom. The van der Waals surface area contributed by atoms with Crippen LogP contribution in [0, 0.1) is 0 Å². The van der Waals surface area contributed by atoms with Crippen LogP contribution in [-0.4, -0.2) is 18.6 Å². The molecule has 0 saturated heterocycles. The first-order valence-corrected chi connectivity index (χ1v) is 17.0. The van der Waals surface area contributed by atoms with Crippen LogP contribution in [0.4, 0.5) is 0 Å². The van der Waals surface area contributed by atoms with Crippen LogP contribution in [0.3, 0.4) is 0 Å². The van der Waals surface area contributed by atoms with Crippen molar-refractivity contribution in [2.45, 2.75) is 84.0 Å². The van der Waals surface area contributed by atoms with Gasteiger partial charge in [0, 0.05) is 0 Å². The van der Waals surface area contributed by atoms with Gasteiger partial charge in [0.1, 0.15) is 0 Å². The molecule has 0 saturated carbocycles. The second-order valence-corrected chi connectivity index (χ2v) is 15.9. The predicted octanol–water partition coefficient (Wildman–Crippen LogP) is 8.42. The van der Waals surface area contributed by atoms with E-state index >= 15 is 0 Å². The van der Waals surface area contributed by atoms with Crippen LogP contribution in [0.1, 0.15) is 84.0 Å². The predicted molar refractivity (Wildman–Crippen MR) is 162 cm³/mol. The summed E-state index contributed by atoms with van der Waals surface area (Å²) in [6, 6.07) is 32.8. The van der Waals surface area contributed by atoms with Crippen molar-refractivity contribution in [1.29, 1.82) is 0 Å². The molecule has 0 amide bonds. The molecular formula is C34H47OP. The SMILES string of the molecule is CCCCCCCCCCCCCCP(CC=O)(c1ccccc1)(c1ccccc1)c1ccccc1. The third-order valence-corrected chi connectivity index (χ3v) is 15.0. The van der Waals surface area contributed by atoms with Crippen molar-refractivity contribution in [3.63, 3.8) is 0 Å². The van der Waals surface area contributed by atoms with Crippen molar-refractivity contribution < 1.29 is 4.79 Å². The van der Waals surface area contributed by atoms with Gasteiger partial charge in [-0.2, -0.15) is 0 Å². The molecule has 0 unspecified atom stereocenters. The Balaban J connectivity index is 1.76. The van der Waals surface area contributed by atoms with Crippen molar-refractivity contribution in [1.82, 2.24) is 0 Å². The number of unbranched alkanes of at least 4 members (excludes halogenated alkanes) is 11. The Morgan fingerprint density at radius 2 is 0.833 bits per heavy atom. The summed E-state index contributed by atoms with van der Waals surface area (Å²) >= 11 is 0. The van der Waals surface area contributed by atoms with Crippen LogP contribution in [0.2, 0.25) is 0 Å². The van der Waals surface area contributed by atoms with Crippen LogP contribution in [0.15, 0.2) is 91.0 Å². The fourth-order valence-corrected chi connectivity index (χ4v) is 12.5. The molecule has 36 heavy (non-hydrogen) atoms. The van der Waals surface area contributed by atoms with Gasteiger partial charge >= 0.3 is 208 Å². The van der Waals surface area contributed by atoms with E-state index in [1.165, 1.54) is 92.8 Å². The van der Waals surface area contributed by atoms with Crippen LogP contribution in [0.25, 0.3) is 0 Å². The molecule has 0 heterocycles. The van der Waals surface area contributed by atoms with E-state index in [4.69, 9.17) is 0 Å². The molecule has 0 atom stereocenters. The van der Waals surface area contributed by atoms with Gasteiger partial charge in [-0.1, -0.05) is 13.3 Å². The quantitative estimate of drug-likeness (QED) is 0.0969.